The largest absolute Gasteiger partial charge is 0.364 e. The zero-order valence-electron chi connectivity index (χ0n) is 16.1. The van der Waals surface area contributed by atoms with Crippen molar-refractivity contribution in [3.8, 4) is 0 Å². The van der Waals surface area contributed by atoms with Crippen LogP contribution in [-0.2, 0) is 9.59 Å². The topological polar surface area (TPSA) is 40.6 Å². The molecule has 0 bridgehead atoms. The van der Waals surface area contributed by atoms with E-state index >= 15 is 0 Å². The highest BCUT2D eigenvalue weighted by molar-refractivity contribution is 6.17. The average Bonchev–Trinajstić information content (AvgIpc) is 2.97. The van der Waals surface area contributed by atoms with Crippen molar-refractivity contribution in [3.63, 3.8) is 0 Å². The second-order valence-corrected chi connectivity index (χ2v) is 8.15. The number of imide groups is 1. The van der Waals surface area contributed by atoms with E-state index in [1.807, 2.05) is 6.07 Å². The van der Waals surface area contributed by atoms with E-state index in [0.29, 0.717) is 0 Å². The number of carbonyl (C=O) groups excluding carboxylic acids is 2. The molecule has 2 aliphatic heterocycles. The van der Waals surface area contributed by atoms with Gasteiger partial charge in [0, 0.05) is 29.9 Å². The predicted molar refractivity (Wildman–Crippen MR) is 107 cm³/mol. The number of hydrogen-bond acceptors (Lipinski definition) is 3. The van der Waals surface area contributed by atoms with E-state index in [1.54, 1.807) is 11.0 Å². The van der Waals surface area contributed by atoms with Crippen LogP contribution in [0.3, 0.4) is 0 Å². The van der Waals surface area contributed by atoms with Gasteiger partial charge in [0.05, 0.1) is 6.04 Å². The molecule has 4 rings (SSSR count). The van der Waals surface area contributed by atoms with Crippen molar-refractivity contribution in [2.24, 2.45) is 0 Å². The van der Waals surface area contributed by atoms with Crippen molar-refractivity contribution in [1.82, 2.24) is 4.90 Å². The summed E-state index contributed by atoms with van der Waals surface area (Å²) in [4.78, 5) is 30.0. The monoisotopic (exact) mass is 366 g/mol. The summed E-state index contributed by atoms with van der Waals surface area (Å²) in [6.07, 6.45) is 12.7. The van der Waals surface area contributed by atoms with E-state index in [2.05, 4.69) is 29.2 Å². The van der Waals surface area contributed by atoms with Crippen LogP contribution in [0.5, 0.6) is 0 Å². The molecule has 2 amide bonds. The normalized spacial score (nSPS) is 25.3. The molecule has 2 heterocycles. The van der Waals surface area contributed by atoms with Crippen molar-refractivity contribution in [3.05, 3.63) is 42.0 Å². The molecule has 0 N–H and O–H groups in total. The maximum absolute atomic E-state index is 13.3. The first-order valence-electron chi connectivity index (χ1n) is 10.7. The lowest BCUT2D eigenvalue weighted by Gasteiger charge is -2.37. The van der Waals surface area contributed by atoms with Gasteiger partial charge in [-0.3, -0.25) is 14.5 Å². The molecular formula is C23H30N2O2. The van der Waals surface area contributed by atoms with Crippen LogP contribution in [0, 0.1) is 0 Å². The van der Waals surface area contributed by atoms with Gasteiger partial charge in [-0.1, -0.05) is 56.7 Å². The Hall–Kier alpha value is -2.10. The molecule has 27 heavy (non-hydrogen) atoms. The molecule has 1 aromatic rings. The van der Waals surface area contributed by atoms with Crippen LogP contribution in [-0.4, -0.2) is 35.3 Å². The van der Waals surface area contributed by atoms with Crippen molar-refractivity contribution in [2.45, 2.75) is 76.3 Å². The van der Waals surface area contributed by atoms with Crippen molar-refractivity contribution in [2.75, 3.05) is 11.4 Å². The van der Waals surface area contributed by atoms with Gasteiger partial charge < -0.3 is 4.90 Å². The zero-order chi connectivity index (χ0) is 18.6. The molecule has 0 radical (unpaired) electrons. The summed E-state index contributed by atoms with van der Waals surface area (Å²) < 4.78 is 0. The highest BCUT2D eigenvalue weighted by atomic mass is 16.2. The molecule has 0 spiro atoms. The van der Waals surface area contributed by atoms with E-state index in [4.69, 9.17) is 0 Å². The SMILES string of the molecule is O=C1C=C(C2CCCCCCN2c2ccccc2)C(=O)N1C1CCCCC1. The first-order valence-corrected chi connectivity index (χ1v) is 10.7. The Bertz CT molecular complexity index is 706. The zero-order valence-corrected chi connectivity index (χ0v) is 16.1. The molecule has 144 valence electrons. The maximum atomic E-state index is 13.3. The van der Waals surface area contributed by atoms with Crippen LogP contribution >= 0.6 is 0 Å². The van der Waals surface area contributed by atoms with E-state index in [1.165, 1.54) is 19.3 Å². The second-order valence-electron chi connectivity index (χ2n) is 8.15. The molecule has 1 aliphatic carbocycles. The number of benzene rings is 1. The third kappa shape index (κ3) is 3.80. The summed E-state index contributed by atoms with van der Waals surface area (Å²) in [5.41, 5.74) is 1.87. The Balaban J connectivity index is 1.61. The minimum absolute atomic E-state index is 0.0118. The molecule has 1 saturated heterocycles. The number of hydrogen-bond donors (Lipinski definition) is 0. The molecule has 0 aromatic heterocycles. The van der Waals surface area contributed by atoms with Crippen LogP contribution in [0.25, 0.3) is 0 Å². The fourth-order valence-corrected chi connectivity index (χ4v) is 4.96. The number of para-hydroxylation sites is 1. The molecule has 1 atom stereocenters. The molecule has 1 aromatic carbocycles. The van der Waals surface area contributed by atoms with Crippen molar-refractivity contribution < 1.29 is 9.59 Å². The first-order chi connectivity index (χ1) is 13.3. The van der Waals surface area contributed by atoms with Gasteiger partial charge in [-0.15, -0.1) is 0 Å². The third-order valence-electron chi connectivity index (χ3n) is 6.37. The lowest BCUT2D eigenvalue weighted by molar-refractivity contribution is -0.140. The minimum Gasteiger partial charge on any atom is -0.364 e. The number of amides is 2. The van der Waals surface area contributed by atoms with Gasteiger partial charge in [-0.05, 0) is 37.8 Å². The summed E-state index contributed by atoms with van der Waals surface area (Å²) in [5.74, 6) is -0.115. The Morgan fingerprint density at radius 2 is 1.44 bits per heavy atom. The number of nitrogens with zero attached hydrogens (tertiary/aromatic N) is 2. The van der Waals surface area contributed by atoms with Crippen LogP contribution < -0.4 is 4.90 Å². The van der Waals surface area contributed by atoms with Crippen LogP contribution in [0.2, 0.25) is 0 Å². The van der Waals surface area contributed by atoms with Crippen molar-refractivity contribution >= 4 is 17.5 Å². The van der Waals surface area contributed by atoms with Gasteiger partial charge in [0.1, 0.15) is 0 Å². The summed E-state index contributed by atoms with van der Waals surface area (Å²) in [6.45, 7) is 0.941. The Morgan fingerprint density at radius 1 is 0.778 bits per heavy atom. The van der Waals surface area contributed by atoms with Gasteiger partial charge in [0.2, 0.25) is 0 Å². The smallest absolute Gasteiger partial charge is 0.259 e. The van der Waals surface area contributed by atoms with Crippen LogP contribution in [0.1, 0.15) is 64.2 Å². The van der Waals surface area contributed by atoms with E-state index in [0.717, 1.165) is 62.8 Å². The molecule has 4 nitrogen and oxygen atoms in total. The fraction of sp³-hybridized carbons (Fsp3) is 0.565. The summed E-state index contributed by atoms with van der Waals surface area (Å²) in [6, 6.07) is 10.5. The van der Waals surface area contributed by atoms with Gasteiger partial charge in [0.15, 0.2) is 0 Å². The Kier molecular flexibility index (Phi) is 5.61. The molecule has 1 unspecified atom stereocenters. The van der Waals surface area contributed by atoms with Crippen LogP contribution in [0.4, 0.5) is 5.69 Å². The van der Waals surface area contributed by atoms with Gasteiger partial charge in [0.25, 0.3) is 11.8 Å². The first kappa shape index (κ1) is 18.3. The molecule has 2 fully saturated rings. The maximum Gasteiger partial charge on any atom is 0.259 e. The lowest BCUT2D eigenvalue weighted by atomic mass is 9.93. The molecule has 1 saturated carbocycles. The predicted octanol–water partition coefficient (Wildman–Crippen LogP) is 4.45. The lowest BCUT2D eigenvalue weighted by Crippen LogP contribution is -2.45. The molecule has 3 aliphatic rings. The van der Waals surface area contributed by atoms with Gasteiger partial charge in [-0.25, -0.2) is 0 Å². The van der Waals surface area contributed by atoms with Crippen LogP contribution in [0.15, 0.2) is 42.0 Å². The van der Waals surface area contributed by atoms with Crippen molar-refractivity contribution in [1.29, 1.82) is 0 Å². The highest BCUT2D eigenvalue weighted by Crippen LogP contribution is 2.33. The Morgan fingerprint density at radius 3 is 2.22 bits per heavy atom. The summed E-state index contributed by atoms with van der Waals surface area (Å²) >= 11 is 0. The van der Waals surface area contributed by atoms with Gasteiger partial charge >= 0.3 is 0 Å². The Labute approximate surface area is 162 Å². The van der Waals surface area contributed by atoms with E-state index < -0.39 is 0 Å². The second kappa shape index (κ2) is 8.28. The van der Waals surface area contributed by atoms with E-state index in [-0.39, 0.29) is 23.9 Å². The summed E-state index contributed by atoms with van der Waals surface area (Å²) in [5, 5.41) is 0. The fourth-order valence-electron chi connectivity index (χ4n) is 4.96. The third-order valence-corrected chi connectivity index (χ3v) is 6.37. The average molecular weight is 367 g/mol. The standard InChI is InChI=1S/C23H30N2O2/c26-22-17-20(23(27)25(22)19-13-7-4-8-14-19)21-15-9-1-2-10-16-24(21)18-11-5-3-6-12-18/h3,5-6,11-12,17,19,21H,1-2,4,7-10,13-16H2. The number of anilines is 1. The number of carbonyl (C=O) groups is 2. The summed E-state index contributed by atoms with van der Waals surface area (Å²) in [7, 11) is 0. The van der Waals surface area contributed by atoms with Gasteiger partial charge in [-0.2, -0.15) is 0 Å². The number of rotatable bonds is 3. The highest BCUT2D eigenvalue weighted by Gasteiger charge is 2.41. The molecular weight excluding hydrogens is 336 g/mol. The quantitative estimate of drug-likeness (QED) is 0.742. The van der Waals surface area contributed by atoms with E-state index in [9.17, 15) is 9.59 Å². The minimum atomic E-state index is -0.0861. The molecule has 4 heteroatoms.